The molecule has 3 fully saturated rings. The van der Waals surface area contributed by atoms with Crippen LogP contribution < -0.4 is 0 Å². The summed E-state index contributed by atoms with van der Waals surface area (Å²) in [6, 6.07) is 3.98. The molecule has 0 spiro atoms. The van der Waals surface area contributed by atoms with E-state index < -0.39 is 0 Å². The number of amides is 3. The van der Waals surface area contributed by atoms with E-state index in [-0.39, 0.29) is 11.9 Å². The normalized spacial score (nSPS) is 25.9. The van der Waals surface area contributed by atoms with Crippen LogP contribution in [0.25, 0.3) is 6.08 Å². The van der Waals surface area contributed by atoms with Crippen LogP contribution in [0, 0.1) is 5.92 Å². The summed E-state index contributed by atoms with van der Waals surface area (Å²) in [4.78, 5) is 30.4. The molecule has 7 nitrogen and oxygen atoms in total. The molecule has 146 valence electrons. The first kappa shape index (κ1) is 18.1. The van der Waals surface area contributed by atoms with Gasteiger partial charge in [-0.3, -0.25) is 4.79 Å². The quantitative estimate of drug-likeness (QED) is 0.761. The van der Waals surface area contributed by atoms with Gasteiger partial charge in [0, 0.05) is 51.3 Å². The first-order valence-electron chi connectivity index (χ1n) is 9.80. The van der Waals surface area contributed by atoms with Crippen molar-refractivity contribution >= 4 is 18.0 Å². The number of nitrogens with zero attached hydrogens (tertiary/aromatic N) is 3. The van der Waals surface area contributed by atoms with E-state index in [1.54, 1.807) is 17.1 Å². The Balaban J connectivity index is 1.25. The fraction of sp³-hybridized carbons (Fsp3) is 0.600. The summed E-state index contributed by atoms with van der Waals surface area (Å²) >= 11 is 0. The number of ether oxygens (including phenoxy) is 1. The summed E-state index contributed by atoms with van der Waals surface area (Å²) in [6.45, 7) is 6.96. The van der Waals surface area contributed by atoms with Crippen molar-refractivity contribution < 1.29 is 18.7 Å². The Labute approximate surface area is 159 Å². The first-order chi connectivity index (χ1) is 13.1. The third-order valence-electron chi connectivity index (χ3n) is 5.66. The van der Waals surface area contributed by atoms with Crippen LogP contribution in [0.1, 0.15) is 30.8 Å². The molecule has 2 saturated heterocycles. The van der Waals surface area contributed by atoms with Gasteiger partial charge < -0.3 is 23.9 Å². The van der Waals surface area contributed by atoms with Crippen molar-refractivity contribution in [1.29, 1.82) is 0 Å². The van der Waals surface area contributed by atoms with E-state index in [9.17, 15) is 9.59 Å². The van der Waals surface area contributed by atoms with Crippen LogP contribution in [0.3, 0.4) is 0 Å². The molecule has 1 aliphatic carbocycles. The molecule has 2 aliphatic heterocycles. The largest absolute Gasteiger partial charge is 0.461 e. The average molecular weight is 373 g/mol. The zero-order valence-electron chi connectivity index (χ0n) is 15.8. The lowest BCUT2D eigenvalue weighted by molar-refractivity contribution is -0.127. The van der Waals surface area contributed by atoms with E-state index in [1.165, 1.54) is 6.42 Å². The Morgan fingerprint density at radius 1 is 1.00 bits per heavy atom. The maximum Gasteiger partial charge on any atom is 0.320 e. The Kier molecular flexibility index (Phi) is 5.20. The second-order valence-electron chi connectivity index (χ2n) is 7.59. The van der Waals surface area contributed by atoms with Crippen molar-refractivity contribution in [3.8, 4) is 0 Å². The summed E-state index contributed by atoms with van der Waals surface area (Å²) in [5, 5.41) is 0. The van der Waals surface area contributed by atoms with Gasteiger partial charge in [0.1, 0.15) is 11.5 Å². The molecular weight excluding hydrogens is 346 g/mol. The molecule has 1 aromatic heterocycles. The fourth-order valence-electron chi connectivity index (χ4n) is 3.71. The number of urea groups is 1. The SMILES string of the molecule is CC1CC1c1ccc(/C=C/C(=O)N2CCN(C(=O)N3CCOCC3)CC2)o1. The van der Waals surface area contributed by atoms with Crippen LogP contribution in [-0.4, -0.2) is 79.1 Å². The minimum absolute atomic E-state index is 0.0359. The minimum Gasteiger partial charge on any atom is -0.461 e. The summed E-state index contributed by atoms with van der Waals surface area (Å²) in [5.41, 5.74) is 0. The van der Waals surface area contributed by atoms with Gasteiger partial charge in [-0.1, -0.05) is 6.92 Å². The van der Waals surface area contributed by atoms with E-state index in [1.807, 2.05) is 21.9 Å². The Bertz CT molecular complexity index is 715. The van der Waals surface area contributed by atoms with Crippen molar-refractivity contribution in [3.05, 3.63) is 29.7 Å². The molecule has 2 atom stereocenters. The Morgan fingerprint density at radius 2 is 1.63 bits per heavy atom. The van der Waals surface area contributed by atoms with Gasteiger partial charge in [0.25, 0.3) is 0 Å². The molecule has 27 heavy (non-hydrogen) atoms. The van der Waals surface area contributed by atoms with Gasteiger partial charge in [0.15, 0.2) is 0 Å². The van der Waals surface area contributed by atoms with Gasteiger partial charge in [0.05, 0.1) is 13.2 Å². The zero-order valence-corrected chi connectivity index (χ0v) is 15.8. The number of carbonyl (C=O) groups excluding carboxylic acids is 2. The predicted octanol–water partition coefficient (Wildman–Crippen LogP) is 2.01. The van der Waals surface area contributed by atoms with E-state index >= 15 is 0 Å². The molecule has 0 radical (unpaired) electrons. The molecule has 3 amide bonds. The number of morpholine rings is 1. The van der Waals surface area contributed by atoms with Crippen LogP contribution in [0.4, 0.5) is 4.79 Å². The van der Waals surface area contributed by atoms with Crippen LogP contribution in [-0.2, 0) is 9.53 Å². The fourth-order valence-corrected chi connectivity index (χ4v) is 3.71. The molecule has 0 aromatic carbocycles. The van der Waals surface area contributed by atoms with Gasteiger partial charge in [-0.25, -0.2) is 4.79 Å². The van der Waals surface area contributed by atoms with Gasteiger partial charge in [-0.15, -0.1) is 0 Å². The van der Waals surface area contributed by atoms with Crippen molar-refractivity contribution in [2.24, 2.45) is 5.92 Å². The maximum atomic E-state index is 12.5. The lowest BCUT2D eigenvalue weighted by atomic mass is 10.2. The van der Waals surface area contributed by atoms with E-state index in [0.29, 0.717) is 64.3 Å². The highest BCUT2D eigenvalue weighted by Crippen LogP contribution is 2.47. The molecule has 4 rings (SSSR count). The van der Waals surface area contributed by atoms with Crippen molar-refractivity contribution in [3.63, 3.8) is 0 Å². The smallest absolute Gasteiger partial charge is 0.320 e. The van der Waals surface area contributed by atoms with Crippen molar-refractivity contribution in [1.82, 2.24) is 14.7 Å². The van der Waals surface area contributed by atoms with Crippen molar-refractivity contribution in [2.45, 2.75) is 19.3 Å². The third kappa shape index (κ3) is 4.18. The van der Waals surface area contributed by atoms with Gasteiger partial charge in [-0.2, -0.15) is 0 Å². The highest BCUT2D eigenvalue weighted by atomic mass is 16.5. The molecular formula is C20H27N3O4. The molecule has 0 bridgehead atoms. The minimum atomic E-state index is -0.0359. The number of hydrogen-bond acceptors (Lipinski definition) is 4. The highest BCUT2D eigenvalue weighted by molar-refractivity contribution is 5.91. The summed E-state index contributed by atoms with van der Waals surface area (Å²) in [5.74, 6) is 2.95. The topological polar surface area (TPSA) is 66.2 Å². The molecule has 7 heteroatoms. The van der Waals surface area contributed by atoms with Crippen LogP contribution in [0.15, 0.2) is 22.6 Å². The Hall–Kier alpha value is -2.28. The average Bonchev–Trinajstić information content (AvgIpc) is 3.26. The van der Waals surface area contributed by atoms with Crippen LogP contribution >= 0.6 is 0 Å². The Morgan fingerprint density at radius 3 is 2.30 bits per heavy atom. The lowest BCUT2D eigenvalue weighted by Crippen LogP contribution is -2.55. The third-order valence-corrected chi connectivity index (χ3v) is 5.66. The zero-order chi connectivity index (χ0) is 18.8. The molecule has 1 aromatic rings. The molecule has 2 unspecified atom stereocenters. The summed E-state index contributed by atoms with van der Waals surface area (Å²) in [7, 11) is 0. The number of hydrogen-bond donors (Lipinski definition) is 0. The number of carbonyl (C=O) groups is 2. The van der Waals surface area contributed by atoms with Gasteiger partial charge >= 0.3 is 6.03 Å². The second-order valence-corrected chi connectivity index (χ2v) is 7.59. The monoisotopic (exact) mass is 373 g/mol. The maximum absolute atomic E-state index is 12.5. The standard InChI is InChI=1S/C20H27N3O4/c1-15-14-17(15)18-4-2-16(27-18)3-5-19(24)21-6-8-22(9-7-21)20(25)23-10-12-26-13-11-23/h2-5,15,17H,6-14H2,1H3/b5-3+. The summed E-state index contributed by atoms with van der Waals surface area (Å²) < 4.78 is 11.1. The number of furan rings is 1. The van der Waals surface area contributed by atoms with E-state index in [4.69, 9.17) is 9.15 Å². The van der Waals surface area contributed by atoms with Crippen LogP contribution in [0.2, 0.25) is 0 Å². The van der Waals surface area contributed by atoms with E-state index in [0.717, 1.165) is 11.5 Å². The highest BCUT2D eigenvalue weighted by Gasteiger charge is 2.36. The lowest BCUT2D eigenvalue weighted by Gasteiger charge is -2.38. The number of rotatable bonds is 3. The van der Waals surface area contributed by atoms with E-state index in [2.05, 4.69) is 6.92 Å². The molecule has 3 aliphatic rings. The van der Waals surface area contributed by atoms with Gasteiger partial charge in [0.2, 0.25) is 5.91 Å². The number of piperazine rings is 1. The second kappa shape index (κ2) is 7.76. The predicted molar refractivity (Wildman–Crippen MR) is 100 cm³/mol. The summed E-state index contributed by atoms with van der Waals surface area (Å²) in [6.07, 6.45) is 4.49. The van der Waals surface area contributed by atoms with Gasteiger partial charge in [-0.05, 0) is 30.5 Å². The van der Waals surface area contributed by atoms with Crippen molar-refractivity contribution in [2.75, 3.05) is 52.5 Å². The molecule has 0 N–H and O–H groups in total. The molecule has 3 heterocycles. The first-order valence-corrected chi connectivity index (χ1v) is 9.80. The van der Waals surface area contributed by atoms with Crippen LogP contribution in [0.5, 0.6) is 0 Å². The molecule has 1 saturated carbocycles.